The molecule has 3 nitrogen and oxygen atoms in total. The lowest BCUT2D eigenvalue weighted by molar-refractivity contribution is 1.10. The number of nitrogens with zero attached hydrogens (tertiary/aromatic N) is 2. The number of fused-ring (bicyclic) bond motifs is 1. The molecule has 1 aromatic carbocycles. The SMILES string of the molecule is Cc1ccc(CNc2nc(Cl)nc3ccsc23)cc1. The highest BCUT2D eigenvalue weighted by molar-refractivity contribution is 7.17. The number of hydrogen-bond acceptors (Lipinski definition) is 4. The number of benzene rings is 1. The highest BCUT2D eigenvalue weighted by Gasteiger charge is 2.07. The number of aryl methyl sites for hydroxylation is 1. The van der Waals surface area contributed by atoms with E-state index in [0.29, 0.717) is 0 Å². The van der Waals surface area contributed by atoms with Crippen molar-refractivity contribution in [2.45, 2.75) is 13.5 Å². The standard InChI is InChI=1S/C14H12ClN3S/c1-9-2-4-10(5-3-9)8-16-13-12-11(6-7-19-12)17-14(15)18-13/h2-7H,8H2,1H3,(H,16,17,18). The molecular formula is C14H12ClN3S. The molecule has 0 aliphatic heterocycles. The summed E-state index contributed by atoms with van der Waals surface area (Å²) in [7, 11) is 0. The van der Waals surface area contributed by atoms with Crippen LogP contribution in [0.5, 0.6) is 0 Å². The van der Waals surface area contributed by atoms with Crippen LogP contribution in [0.2, 0.25) is 5.28 Å². The van der Waals surface area contributed by atoms with Gasteiger partial charge in [0.05, 0.1) is 10.2 Å². The van der Waals surface area contributed by atoms with Crippen LogP contribution in [0.25, 0.3) is 10.2 Å². The van der Waals surface area contributed by atoms with Crippen molar-refractivity contribution in [2.24, 2.45) is 0 Å². The quantitative estimate of drug-likeness (QED) is 0.732. The Balaban J connectivity index is 1.85. The van der Waals surface area contributed by atoms with Gasteiger partial charge in [-0.05, 0) is 35.5 Å². The Kier molecular flexibility index (Phi) is 3.36. The van der Waals surface area contributed by atoms with Gasteiger partial charge in [0, 0.05) is 6.54 Å². The van der Waals surface area contributed by atoms with Gasteiger partial charge in [0.15, 0.2) is 0 Å². The second kappa shape index (κ2) is 5.15. The first kappa shape index (κ1) is 12.4. The fourth-order valence-electron chi connectivity index (χ4n) is 1.85. The van der Waals surface area contributed by atoms with Crippen molar-refractivity contribution >= 4 is 39.0 Å². The third-order valence-corrected chi connectivity index (χ3v) is 3.94. The van der Waals surface area contributed by atoms with Gasteiger partial charge in [0.2, 0.25) is 5.28 Å². The van der Waals surface area contributed by atoms with Gasteiger partial charge in [-0.1, -0.05) is 29.8 Å². The van der Waals surface area contributed by atoms with Crippen molar-refractivity contribution in [3.63, 3.8) is 0 Å². The van der Waals surface area contributed by atoms with Crippen LogP contribution in [0.1, 0.15) is 11.1 Å². The maximum Gasteiger partial charge on any atom is 0.224 e. The first-order chi connectivity index (χ1) is 9.22. The molecule has 19 heavy (non-hydrogen) atoms. The van der Waals surface area contributed by atoms with Crippen LogP contribution in [-0.2, 0) is 6.54 Å². The van der Waals surface area contributed by atoms with E-state index >= 15 is 0 Å². The summed E-state index contributed by atoms with van der Waals surface area (Å²) in [6.45, 7) is 2.80. The van der Waals surface area contributed by atoms with Gasteiger partial charge in [0.1, 0.15) is 5.82 Å². The molecular weight excluding hydrogens is 278 g/mol. The Hall–Kier alpha value is -1.65. The topological polar surface area (TPSA) is 37.8 Å². The Bertz CT molecular complexity index is 706. The van der Waals surface area contributed by atoms with E-state index in [9.17, 15) is 0 Å². The Morgan fingerprint density at radius 3 is 2.74 bits per heavy atom. The van der Waals surface area contributed by atoms with Crippen molar-refractivity contribution in [3.05, 3.63) is 52.1 Å². The summed E-state index contributed by atoms with van der Waals surface area (Å²) in [6.07, 6.45) is 0. The maximum absolute atomic E-state index is 5.93. The van der Waals surface area contributed by atoms with Gasteiger partial charge in [-0.25, -0.2) is 4.98 Å². The van der Waals surface area contributed by atoms with E-state index in [1.165, 1.54) is 11.1 Å². The third-order valence-electron chi connectivity index (χ3n) is 2.86. The molecule has 2 heterocycles. The van der Waals surface area contributed by atoms with Crippen molar-refractivity contribution < 1.29 is 0 Å². The molecule has 0 fully saturated rings. The minimum Gasteiger partial charge on any atom is -0.365 e. The fourth-order valence-corrected chi connectivity index (χ4v) is 2.82. The zero-order valence-corrected chi connectivity index (χ0v) is 11.9. The minimum atomic E-state index is 0.275. The molecule has 3 aromatic rings. The molecule has 2 aromatic heterocycles. The van der Waals surface area contributed by atoms with Crippen LogP contribution in [0.4, 0.5) is 5.82 Å². The van der Waals surface area contributed by atoms with E-state index in [-0.39, 0.29) is 5.28 Å². The second-order valence-corrected chi connectivity index (χ2v) is 5.57. The number of aromatic nitrogens is 2. The number of thiophene rings is 1. The third kappa shape index (κ3) is 2.69. The molecule has 0 bridgehead atoms. The number of nitrogens with one attached hydrogen (secondary N) is 1. The van der Waals surface area contributed by atoms with Gasteiger partial charge < -0.3 is 5.32 Å². The van der Waals surface area contributed by atoms with Gasteiger partial charge >= 0.3 is 0 Å². The monoisotopic (exact) mass is 289 g/mol. The molecule has 0 saturated heterocycles. The second-order valence-electron chi connectivity index (χ2n) is 4.32. The molecule has 0 saturated carbocycles. The van der Waals surface area contributed by atoms with Gasteiger partial charge in [0.25, 0.3) is 0 Å². The molecule has 0 atom stereocenters. The molecule has 5 heteroatoms. The van der Waals surface area contributed by atoms with E-state index < -0.39 is 0 Å². The normalized spacial score (nSPS) is 10.8. The molecule has 0 aliphatic carbocycles. The molecule has 3 rings (SSSR count). The summed E-state index contributed by atoms with van der Waals surface area (Å²) in [5, 5.41) is 5.59. The lowest BCUT2D eigenvalue weighted by Gasteiger charge is -2.07. The Morgan fingerprint density at radius 1 is 1.16 bits per heavy atom. The van der Waals surface area contributed by atoms with E-state index in [1.54, 1.807) is 11.3 Å². The zero-order valence-electron chi connectivity index (χ0n) is 10.4. The number of rotatable bonds is 3. The molecule has 96 valence electrons. The van der Waals surface area contributed by atoms with Gasteiger partial charge in [-0.2, -0.15) is 4.98 Å². The summed E-state index contributed by atoms with van der Waals surface area (Å²) in [5.41, 5.74) is 3.36. The van der Waals surface area contributed by atoms with E-state index in [1.807, 2.05) is 11.4 Å². The average Bonchev–Trinajstić information content (AvgIpc) is 2.85. The van der Waals surface area contributed by atoms with Crippen LogP contribution in [-0.4, -0.2) is 9.97 Å². The van der Waals surface area contributed by atoms with Crippen LogP contribution in [0.3, 0.4) is 0 Å². The fraction of sp³-hybridized carbons (Fsp3) is 0.143. The van der Waals surface area contributed by atoms with Crippen molar-refractivity contribution in [3.8, 4) is 0 Å². The van der Waals surface area contributed by atoms with Crippen LogP contribution < -0.4 is 5.32 Å². The molecule has 0 radical (unpaired) electrons. The van der Waals surface area contributed by atoms with E-state index in [2.05, 4.69) is 46.5 Å². The smallest absolute Gasteiger partial charge is 0.224 e. The van der Waals surface area contributed by atoms with Crippen molar-refractivity contribution in [2.75, 3.05) is 5.32 Å². The first-order valence-corrected chi connectivity index (χ1v) is 7.18. The summed E-state index contributed by atoms with van der Waals surface area (Å²) in [4.78, 5) is 8.45. The predicted octanol–water partition coefficient (Wildman–Crippen LogP) is 4.27. The highest BCUT2D eigenvalue weighted by Crippen LogP contribution is 2.27. The summed E-state index contributed by atoms with van der Waals surface area (Å²) >= 11 is 7.54. The lowest BCUT2D eigenvalue weighted by atomic mass is 10.1. The van der Waals surface area contributed by atoms with E-state index in [0.717, 1.165) is 22.6 Å². The van der Waals surface area contributed by atoms with Crippen LogP contribution in [0.15, 0.2) is 35.7 Å². The van der Waals surface area contributed by atoms with E-state index in [4.69, 9.17) is 11.6 Å². The summed E-state index contributed by atoms with van der Waals surface area (Å²) < 4.78 is 1.04. The minimum absolute atomic E-state index is 0.275. The van der Waals surface area contributed by atoms with Gasteiger partial charge in [-0.3, -0.25) is 0 Å². The van der Waals surface area contributed by atoms with Crippen molar-refractivity contribution in [1.82, 2.24) is 9.97 Å². The molecule has 0 spiro atoms. The number of halogens is 1. The lowest BCUT2D eigenvalue weighted by Crippen LogP contribution is -2.02. The summed E-state index contributed by atoms with van der Waals surface area (Å²) in [6, 6.07) is 10.4. The predicted molar refractivity (Wildman–Crippen MR) is 80.9 cm³/mol. The molecule has 0 amide bonds. The van der Waals surface area contributed by atoms with Crippen LogP contribution in [0, 0.1) is 6.92 Å². The molecule has 0 aliphatic rings. The first-order valence-electron chi connectivity index (χ1n) is 5.92. The molecule has 0 unspecified atom stereocenters. The summed E-state index contributed by atoms with van der Waals surface area (Å²) in [5.74, 6) is 0.797. The maximum atomic E-state index is 5.93. The Labute approximate surface area is 120 Å². The zero-order chi connectivity index (χ0) is 13.2. The number of anilines is 1. The van der Waals surface area contributed by atoms with Crippen LogP contribution >= 0.6 is 22.9 Å². The highest BCUT2D eigenvalue weighted by atomic mass is 35.5. The largest absolute Gasteiger partial charge is 0.365 e. The Morgan fingerprint density at radius 2 is 1.95 bits per heavy atom. The van der Waals surface area contributed by atoms with Gasteiger partial charge in [-0.15, -0.1) is 11.3 Å². The number of hydrogen-bond donors (Lipinski definition) is 1. The average molecular weight is 290 g/mol. The van der Waals surface area contributed by atoms with Crippen molar-refractivity contribution in [1.29, 1.82) is 0 Å². The molecule has 1 N–H and O–H groups in total.